The molecule has 0 spiro atoms. The first-order valence-electron chi connectivity index (χ1n) is 6.06. The van der Waals surface area contributed by atoms with Gasteiger partial charge in [-0.3, -0.25) is 4.79 Å². The first-order chi connectivity index (χ1) is 8.61. The molecule has 1 heterocycles. The molecule has 1 unspecified atom stereocenters. The summed E-state index contributed by atoms with van der Waals surface area (Å²) < 4.78 is 0. The van der Waals surface area contributed by atoms with Gasteiger partial charge in [-0.1, -0.05) is 0 Å². The van der Waals surface area contributed by atoms with Crippen molar-refractivity contribution in [2.24, 2.45) is 0 Å². The van der Waals surface area contributed by atoms with Crippen LogP contribution in [0.1, 0.15) is 29.6 Å². The largest absolute Gasteiger partial charge is 0.508 e. The maximum atomic E-state index is 12.3. The van der Waals surface area contributed by atoms with E-state index in [0.717, 1.165) is 12.8 Å². The van der Waals surface area contributed by atoms with Crippen LogP contribution in [0.4, 0.5) is 0 Å². The molecule has 1 aromatic carbocycles. The van der Waals surface area contributed by atoms with E-state index in [1.54, 1.807) is 4.90 Å². The molecular formula is C13H17NO4. The van der Waals surface area contributed by atoms with Crippen LogP contribution in [0.2, 0.25) is 0 Å². The Morgan fingerprint density at radius 1 is 1.28 bits per heavy atom. The molecule has 1 atom stereocenters. The van der Waals surface area contributed by atoms with Gasteiger partial charge in [0.15, 0.2) is 0 Å². The van der Waals surface area contributed by atoms with Crippen molar-refractivity contribution >= 4 is 5.91 Å². The highest BCUT2D eigenvalue weighted by atomic mass is 16.3. The summed E-state index contributed by atoms with van der Waals surface area (Å²) >= 11 is 0. The van der Waals surface area contributed by atoms with Crippen molar-refractivity contribution in [3.63, 3.8) is 0 Å². The van der Waals surface area contributed by atoms with Crippen LogP contribution in [-0.4, -0.2) is 45.3 Å². The van der Waals surface area contributed by atoms with Gasteiger partial charge in [-0.2, -0.15) is 0 Å². The number of rotatable bonds is 3. The number of phenols is 2. The average molecular weight is 251 g/mol. The number of amides is 1. The van der Waals surface area contributed by atoms with Gasteiger partial charge in [0.05, 0.1) is 0 Å². The highest BCUT2D eigenvalue weighted by Gasteiger charge is 2.29. The minimum absolute atomic E-state index is 0.0481. The zero-order valence-corrected chi connectivity index (χ0v) is 10.0. The second kappa shape index (κ2) is 5.27. The van der Waals surface area contributed by atoms with E-state index in [-0.39, 0.29) is 35.6 Å². The van der Waals surface area contributed by atoms with Crippen LogP contribution >= 0.6 is 0 Å². The highest BCUT2D eigenvalue weighted by Crippen LogP contribution is 2.26. The lowest BCUT2D eigenvalue weighted by atomic mass is 10.1. The van der Waals surface area contributed by atoms with Crippen molar-refractivity contribution in [1.29, 1.82) is 0 Å². The van der Waals surface area contributed by atoms with Crippen LogP contribution in [0.25, 0.3) is 0 Å². The Hall–Kier alpha value is -1.75. The predicted octanol–water partition coefficient (Wildman–Crippen LogP) is 1.08. The molecule has 0 radical (unpaired) electrons. The van der Waals surface area contributed by atoms with Gasteiger partial charge in [-0.15, -0.1) is 0 Å². The normalized spacial score (nSPS) is 19.2. The van der Waals surface area contributed by atoms with Crippen LogP contribution in [0.5, 0.6) is 11.5 Å². The zero-order chi connectivity index (χ0) is 13.1. The van der Waals surface area contributed by atoms with E-state index in [1.165, 1.54) is 18.2 Å². The molecule has 18 heavy (non-hydrogen) atoms. The lowest BCUT2D eigenvalue weighted by Gasteiger charge is -2.24. The number of aliphatic hydroxyl groups excluding tert-OH is 1. The number of hydrogen-bond acceptors (Lipinski definition) is 4. The summed E-state index contributed by atoms with van der Waals surface area (Å²) in [4.78, 5) is 14.0. The third-order valence-electron chi connectivity index (χ3n) is 3.25. The number of likely N-dealkylation sites (tertiary alicyclic amines) is 1. The van der Waals surface area contributed by atoms with Gasteiger partial charge in [0.1, 0.15) is 11.5 Å². The van der Waals surface area contributed by atoms with E-state index < -0.39 is 0 Å². The molecule has 0 aromatic heterocycles. The van der Waals surface area contributed by atoms with Crippen molar-refractivity contribution < 1.29 is 20.1 Å². The van der Waals surface area contributed by atoms with Crippen molar-refractivity contribution in [3.05, 3.63) is 23.8 Å². The highest BCUT2D eigenvalue weighted by molar-refractivity contribution is 5.95. The van der Waals surface area contributed by atoms with E-state index in [4.69, 9.17) is 5.11 Å². The van der Waals surface area contributed by atoms with Gasteiger partial charge in [-0.05, 0) is 31.4 Å². The molecule has 1 aromatic rings. The second-order valence-corrected chi connectivity index (χ2v) is 4.54. The van der Waals surface area contributed by atoms with Crippen molar-refractivity contribution in [3.8, 4) is 11.5 Å². The molecule has 1 amide bonds. The molecule has 0 saturated carbocycles. The maximum Gasteiger partial charge on any atom is 0.254 e. The number of nitrogens with zero attached hydrogens (tertiary/aromatic N) is 1. The van der Waals surface area contributed by atoms with Crippen LogP contribution in [0, 0.1) is 0 Å². The third-order valence-corrected chi connectivity index (χ3v) is 3.25. The van der Waals surface area contributed by atoms with Crippen LogP contribution in [0.15, 0.2) is 18.2 Å². The fourth-order valence-electron chi connectivity index (χ4n) is 2.44. The fraction of sp³-hybridized carbons (Fsp3) is 0.462. The van der Waals surface area contributed by atoms with E-state index in [9.17, 15) is 15.0 Å². The Bertz CT molecular complexity index is 426. The molecule has 1 aliphatic heterocycles. The van der Waals surface area contributed by atoms with Gasteiger partial charge in [-0.25, -0.2) is 0 Å². The van der Waals surface area contributed by atoms with E-state index in [0.29, 0.717) is 13.0 Å². The molecule has 98 valence electrons. The molecule has 1 aliphatic rings. The minimum Gasteiger partial charge on any atom is -0.508 e. The van der Waals surface area contributed by atoms with E-state index in [2.05, 4.69) is 0 Å². The maximum absolute atomic E-state index is 12.3. The number of aliphatic hydroxyl groups is 1. The summed E-state index contributed by atoms with van der Waals surface area (Å²) in [6.45, 7) is 0.708. The molecule has 0 bridgehead atoms. The predicted molar refractivity (Wildman–Crippen MR) is 65.5 cm³/mol. The average Bonchev–Trinajstić information content (AvgIpc) is 2.75. The number of benzene rings is 1. The molecule has 0 aliphatic carbocycles. The Kier molecular flexibility index (Phi) is 3.72. The molecule has 1 fully saturated rings. The summed E-state index contributed by atoms with van der Waals surface area (Å²) in [5, 5.41) is 27.7. The van der Waals surface area contributed by atoms with Gasteiger partial charge in [0.25, 0.3) is 5.91 Å². The SMILES string of the molecule is O=C(c1cc(O)cc(O)c1)N1CCCC1CCO. The fourth-order valence-corrected chi connectivity index (χ4v) is 2.44. The monoisotopic (exact) mass is 251 g/mol. The Morgan fingerprint density at radius 2 is 1.94 bits per heavy atom. The molecule has 1 saturated heterocycles. The van der Waals surface area contributed by atoms with Crippen molar-refractivity contribution in [1.82, 2.24) is 4.90 Å². The van der Waals surface area contributed by atoms with Gasteiger partial charge >= 0.3 is 0 Å². The first kappa shape index (κ1) is 12.7. The molecule has 2 rings (SSSR count). The van der Waals surface area contributed by atoms with Crippen molar-refractivity contribution in [2.45, 2.75) is 25.3 Å². The Balaban J connectivity index is 2.19. The number of aromatic hydroxyl groups is 2. The lowest BCUT2D eigenvalue weighted by Crippen LogP contribution is -2.36. The van der Waals surface area contributed by atoms with Gasteiger partial charge in [0, 0.05) is 30.8 Å². The number of hydrogen-bond donors (Lipinski definition) is 3. The van der Waals surface area contributed by atoms with Crippen LogP contribution < -0.4 is 0 Å². The summed E-state index contributed by atoms with van der Waals surface area (Å²) in [7, 11) is 0. The minimum atomic E-state index is -0.211. The third kappa shape index (κ3) is 2.56. The van der Waals surface area contributed by atoms with Gasteiger partial charge in [0.2, 0.25) is 0 Å². The Labute approximate surface area is 105 Å². The molecule has 5 heteroatoms. The van der Waals surface area contributed by atoms with Gasteiger partial charge < -0.3 is 20.2 Å². The summed E-state index contributed by atoms with van der Waals surface area (Å²) in [5.41, 5.74) is 0.275. The van der Waals surface area contributed by atoms with E-state index >= 15 is 0 Å². The topological polar surface area (TPSA) is 81.0 Å². The quantitative estimate of drug-likeness (QED) is 0.751. The summed E-state index contributed by atoms with van der Waals surface area (Å²) in [5.74, 6) is -0.468. The Morgan fingerprint density at radius 3 is 2.56 bits per heavy atom. The second-order valence-electron chi connectivity index (χ2n) is 4.54. The summed E-state index contributed by atoms with van der Waals surface area (Å²) in [6, 6.07) is 3.92. The molecule has 5 nitrogen and oxygen atoms in total. The lowest BCUT2D eigenvalue weighted by molar-refractivity contribution is 0.0715. The molecule has 3 N–H and O–H groups in total. The number of phenolic OH excluding ortho intramolecular Hbond substituents is 2. The molecular weight excluding hydrogens is 234 g/mol. The van der Waals surface area contributed by atoms with Crippen LogP contribution in [-0.2, 0) is 0 Å². The number of carbonyl (C=O) groups excluding carboxylic acids is 1. The zero-order valence-electron chi connectivity index (χ0n) is 10.0. The van der Waals surface area contributed by atoms with Crippen LogP contribution in [0.3, 0.4) is 0 Å². The smallest absolute Gasteiger partial charge is 0.254 e. The summed E-state index contributed by atoms with van der Waals surface area (Å²) in [6.07, 6.45) is 2.37. The first-order valence-corrected chi connectivity index (χ1v) is 6.06. The standard InChI is InChI=1S/C13H17NO4/c15-5-3-10-2-1-4-14(10)13(18)9-6-11(16)8-12(17)7-9/h6-8,10,15-17H,1-5H2. The van der Waals surface area contributed by atoms with E-state index in [1.807, 2.05) is 0 Å². The number of carbonyl (C=O) groups is 1. The van der Waals surface area contributed by atoms with Crippen molar-refractivity contribution in [2.75, 3.05) is 13.2 Å².